The van der Waals surface area contributed by atoms with Crippen molar-refractivity contribution < 1.29 is 9.50 Å². The van der Waals surface area contributed by atoms with Crippen molar-refractivity contribution in [1.29, 1.82) is 0 Å². The van der Waals surface area contributed by atoms with Gasteiger partial charge in [0.15, 0.2) is 5.75 Å². The molecule has 6 heteroatoms. The van der Waals surface area contributed by atoms with E-state index in [0.29, 0.717) is 4.47 Å². The molecule has 0 aliphatic heterocycles. The summed E-state index contributed by atoms with van der Waals surface area (Å²) in [5, 5.41) is 13.9. The van der Waals surface area contributed by atoms with Crippen LogP contribution in [0.3, 0.4) is 0 Å². The average Bonchev–Trinajstić information content (AvgIpc) is 2.36. The van der Waals surface area contributed by atoms with Crippen molar-refractivity contribution in [2.24, 2.45) is 7.05 Å². The normalized spacial score (nSPS) is 10.8. The van der Waals surface area contributed by atoms with Crippen molar-refractivity contribution in [3.05, 3.63) is 44.0 Å². The van der Waals surface area contributed by atoms with Crippen LogP contribution in [0.2, 0.25) is 0 Å². The molecule has 2 rings (SSSR count). The maximum absolute atomic E-state index is 14.0. The molecule has 2 aromatic rings. The van der Waals surface area contributed by atoms with E-state index < -0.39 is 11.4 Å². The summed E-state index contributed by atoms with van der Waals surface area (Å²) in [6.45, 7) is 3.34. The van der Waals surface area contributed by atoms with Gasteiger partial charge in [-0.15, -0.1) is 0 Å². The summed E-state index contributed by atoms with van der Waals surface area (Å²) in [7, 11) is 1.46. The summed E-state index contributed by atoms with van der Waals surface area (Å²) < 4.78 is 15.6. The standard InChI is InChI=1S/C13H12BrFN2O2/c1-6-4-5-8(15)9(11(6)14)10-12(18)7(2)16-17(3)13(10)19/h4-5,18H,1-3H3. The lowest BCUT2D eigenvalue weighted by Crippen LogP contribution is -2.22. The molecule has 100 valence electrons. The van der Waals surface area contributed by atoms with Crippen LogP contribution in [0.1, 0.15) is 11.3 Å². The van der Waals surface area contributed by atoms with Crippen molar-refractivity contribution >= 4 is 15.9 Å². The quantitative estimate of drug-likeness (QED) is 0.876. The Hall–Kier alpha value is -1.69. The Labute approximate surface area is 117 Å². The first-order valence-electron chi connectivity index (χ1n) is 5.56. The summed E-state index contributed by atoms with van der Waals surface area (Å²) in [5.41, 5.74) is 0.470. The molecule has 4 nitrogen and oxygen atoms in total. The molecule has 0 aliphatic rings. The Kier molecular flexibility index (Phi) is 3.45. The van der Waals surface area contributed by atoms with Gasteiger partial charge in [0, 0.05) is 17.1 Å². The Balaban J connectivity index is 2.95. The third-order valence-corrected chi connectivity index (χ3v) is 3.94. The smallest absolute Gasteiger partial charge is 0.278 e. The topological polar surface area (TPSA) is 55.1 Å². The van der Waals surface area contributed by atoms with Crippen LogP contribution in [0.15, 0.2) is 21.4 Å². The van der Waals surface area contributed by atoms with E-state index in [1.165, 1.54) is 13.1 Å². The van der Waals surface area contributed by atoms with Gasteiger partial charge in [-0.1, -0.05) is 6.07 Å². The van der Waals surface area contributed by atoms with Gasteiger partial charge < -0.3 is 5.11 Å². The molecule has 0 bridgehead atoms. The Bertz CT molecular complexity index is 726. The molecule has 19 heavy (non-hydrogen) atoms. The van der Waals surface area contributed by atoms with Gasteiger partial charge in [0.2, 0.25) is 0 Å². The summed E-state index contributed by atoms with van der Waals surface area (Å²) >= 11 is 3.27. The maximum Gasteiger partial charge on any atom is 0.278 e. The SMILES string of the molecule is Cc1ccc(F)c(-c2c(O)c(C)nn(C)c2=O)c1Br. The van der Waals surface area contributed by atoms with Crippen LogP contribution < -0.4 is 5.56 Å². The molecule has 0 spiro atoms. The lowest BCUT2D eigenvalue weighted by Gasteiger charge is -2.12. The van der Waals surface area contributed by atoms with Crippen LogP contribution in [0.4, 0.5) is 4.39 Å². The number of nitrogens with zero attached hydrogens (tertiary/aromatic N) is 2. The summed E-state index contributed by atoms with van der Waals surface area (Å²) in [4.78, 5) is 12.1. The second-order valence-electron chi connectivity index (χ2n) is 4.29. The molecule has 1 N–H and O–H groups in total. The van der Waals surface area contributed by atoms with E-state index in [0.717, 1.165) is 10.2 Å². The van der Waals surface area contributed by atoms with Crippen LogP contribution in [0, 0.1) is 19.7 Å². The van der Waals surface area contributed by atoms with E-state index in [4.69, 9.17) is 0 Å². The zero-order chi connectivity index (χ0) is 14.3. The highest BCUT2D eigenvalue weighted by atomic mass is 79.9. The number of rotatable bonds is 1. The summed E-state index contributed by atoms with van der Waals surface area (Å²) in [6, 6.07) is 2.86. The number of halogens is 2. The molecule has 0 saturated heterocycles. The van der Waals surface area contributed by atoms with E-state index in [1.807, 2.05) is 0 Å². The number of aromatic hydroxyl groups is 1. The van der Waals surface area contributed by atoms with Gasteiger partial charge >= 0.3 is 0 Å². The van der Waals surface area contributed by atoms with Gasteiger partial charge in [0.1, 0.15) is 11.5 Å². The van der Waals surface area contributed by atoms with E-state index in [2.05, 4.69) is 21.0 Å². The van der Waals surface area contributed by atoms with Crippen LogP contribution in [-0.2, 0) is 7.05 Å². The monoisotopic (exact) mass is 326 g/mol. The van der Waals surface area contributed by atoms with Gasteiger partial charge in [0.25, 0.3) is 5.56 Å². The van der Waals surface area contributed by atoms with Gasteiger partial charge in [-0.25, -0.2) is 9.07 Å². The fourth-order valence-electron chi connectivity index (χ4n) is 1.87. The molecule has 0 atom stereocenters. The first-order chi connectivity index (χ1) is 8.84. The lowest BCUT2D eigenvalue weighted by atomic mass is 10.0. The Morgan fingerprint density at radius 2 is 1.95 bits per heavy atom. The largest absolute Gasteiger partial charge is 0.505 e. The number of hydrogen-bond donors (Lipinski definition) is 1. The van der Waals surface area contributed by atoms with Crippen molar-refractivity contribution in [2.75, 3.05) is 0 Å². The molecule has 0 radical (unpaired) electrons. The number of benzene rings is 1. The zero-order valence-corrected chi connectivity index (χ0v) is 12.2. The molecule has 1 heterocycles. The second kappa shape index (κ2) is 4.77. The van der Waals surface area contributed by atoms with Gasteiger partial charge in [0.05, 0.1) is 5.56 Å². The minimum atomic E-state index is -0.574. The second-order valence-corrected chi connectivity index (χ2v) is 5.08. The Morgan fingerprint density at radius 1 is 1.32 bits per heavy atom. The first kappa shape index (κ1) is 13.7. The molecule has 0 saturated carbocycles. The molecule has 1 aromatic carbocycles. The molecule has 1 aromatic heterocycles. The molecule has 0 aliphatic carbocycles. The number of aryl methyl sites for hydroxylation is 3. The van der Waals surface area contributed by atoms with Crippen LogP contribution in [0.5, 0.6) is 5.75 Å². The fourth-order valence-corrected chi connectivity index (χ4v) is 2.39. The van der Waals surface area contributed by atoms with Gasteiger partial charge in [-0.05, 0) is 41.4 Å². The molecule has 0 fully saturated rings. The van der Waals surface area contributed by atoms with E-state index in [1.54, 1.807) is 19.9 Å². The van der Waals surface area contributed by atoms with E-state index in [-0.39, 0.29) is 22.6 Å². The van der Waals surface area contributed by atoms with Crippen molar-refractivity contribution in [3.63, 3.8) is 0 Å². The predicted octanol–water partition coefficient (Wildman–Crippen LogP) is 2.67. The highest BCUT2D eigenvalue weighted by Crippen LogP contribution is 2.36. The maximum atomic E-state index is 14.0. The van der Waals surface area contributed by atoms with Crippen LogP contribution >= 0.6 is 15.9 Å². The zero-order valence-electron chi connectivity index (χ0n) is 10.7. The number of hydrogen-bond acceptors (Lipinski definition) is 3. The molecular weight excluding hydrogens is 315 g/mol. The Morgan fingerprint density at radius 3 is 2.58 bits per heavy atom. The van der Waals surface area contributed by atoms with E-state index in [9.17, 15) is 14.3 Å². The first-order valence-corrected chi connectivity index (χ1v) is 6.35. The van der Waals surface area contributed by atoms with E-state index >= 15 is 0 Å². The minimum Gasteiger partial charge on any atom is -0.505 e. The molecule has 0 amide bonds. The molecule has 0 unspecified atom stereocenters. The van der Waals surface area contributed by atoms with Crippen LogP contribution in [0.25, 0.3) is 11.1 Å². The molecular formula is C13H12BrFN2O2. The third-order valence-electron chi connectivity index (χ3n) is 2.92. The third kappa shape index (κ3) is 2.16. The number of aromatic nitrogens is 2. The van der Waals surface area contributed by atoms with Gasteiger partial charge in [-0.3, -0.25) is 4.79 Å². The fraction of sp³-hybridized carbons (Fsp3) is 0.231. The predicted molar refractivity (Wildman–Crippen MR) is 73.7 cm³/mol. The van der Waals surface area contributed by atoms with Crippen LogP contribution in [-0.4, -0.2) is 14.9 Å². The summed E-state index contributed by atoms with van der Waals surface area (Å²) in [5.74, 6) is -0.872. The highest BCUT2D eigenvalue weighted by Gasteiger charge is 2.21. The highest BCUT2D eigenvalue weighted by molar-refractivity contribution is 9.10. The van der Waals surface area contributed by atoms with Crippen molar-refractivity contribution in [2.45, 2.75) is 13.8 Å². The minimum absolute atomic E-state index is 0.0589. The van der Waals surface area contributed by atoms with Gasteiger partial charge in [-0.2, -0.15) is 5.10 Å². The lowest BCUT2D eigenvalue weighted by molar-refractivity contribution is 0.460. The van der Waals surface area contributed by atoms with Crippen molar-refractivity contribution in [1.82, 2.24) is 9.78 Å². The summed E-state index contributed by atoms with van der Waals surface area (Å²) in [6.07, 6.45) is 0. The van der Waals surface area contributed by atoms with Crippen molar-refractivity contribution in [3.8, 4) is 16.9 Å². The average molecular weight is 327 g/mol.